The number of anilines is 4. The van der Waals surface area contributed by atoms with E-state index in [0.29, 0.717) is 59.7 Å². The molecule has 2 atom stereocenters. The van der Waals surface area contributed by atoms with Crippen LogP contribution in [-0.2, 0) is 9.59 Å². The van der Waals surface area contributed by atoms with Gasteiger partial charge >= 0.3 is 0 Å². The Bertz CT molecular complexity index is 2030. The first-order valence-corrected chi connectivity index (χ1v) is 20.9. The van der Waals surface area contributed by atoms with Gasteiger partial charge in [0.1, 0.15) is 17.9 Å². The van der Waals surface area contributed by atoms with Crippen LogP contribution in [0.4, 0.5) is 27.1 Å². The predicted molar refractivity (Wildman–Crippen MR) is 221 cm³/mol. The molecule has 0 aliphatic carbocycles. The first-order valence-electron chi connectivity index (χ1n) is 20.5. The molecule has 3 aromatic rings. The molecule has 5 saturated heterocycles. The number of hydrogen-bond acceptors (Lipinski definition) is 9. The second kappa shape index (κ2) is 16.5. The van der Waals surface area contributed by atoms with Gasteiger partial charge in [0.15, 0.2) is 0 Å². The quantitative estimate of drug-likeness (QED) is 0.260. The van der Waals surface area contributed by atoms with E-state index in [1.807, 2.05) is 29.2 Å². The molecule has 5 fully saturated rings. The Morgan fingerprint density at radius 3 is 2.40 bits per heavy atom. The third-order valence-corrected chi connectivity index (χ3v) is 13.4. The number of halogens is 2. The summed E-state index contributed by atoms with van der Waals surface area (Å²) in [5, 5.41) is 15.5. The summed E-state index contributed by atoms with van der Waals surface area (Å²) in [5.41, 5.74) is 4.65. The van der Waals surface area contributed by atoms with Gasteiger partial charge in [-0.2, -0.15) is 5.26 Å². The zero-order chi connectivity index (χ0) is 39.7. The highest BCUT2D eigenvalue weighted by molar-refractivity contribution is 6.32. The third kappa shape index (κ3) is 8.56. The SMILES string of the molecule is C[C@@H]1CC2(CCN(c3ccc(C(=O)N4CCC(CN5CCN(c6cccc(N[C@H]7CCC(=O)NC7=O)c6)CC5)CC4)cc3F)CC2)CN1c1ccc(C#N)c(Cl)c1. The van der Waals surface area contributed by atoms with E-state index in [1.165, 1.54) is 6.07 Å². The van der Waals surface area contributed by atoms with Crippen molar-refractivity contribution in [3.63, 3.8) is 0 Å². The fourth-order valence-electron chi connectivity index (χ4n) is 9.80. The van der Waals surface area contributed by atoms with Crippen molar-refractivity contribution in [3.05, 3.63) is 82.6 Å². The predicted octanol–water partition coefficient (Wildman–Crippen LogP) is 6.13. The number of carbonyl (C=O) groups is 3. The molecule has 1 spiro atoms. The summed E-state index contributed by atoms with van der Waals surface area (Å²) in [5.74, 6) is -0.405. The molecule has 0 saturated carbocycles. The average Bonchev–Trinajstić information content (AvgIpc) is 3.54. The van der Waals surface area contributed by atoms with Crippen molar-refractivity contribution in [2.24, 2.45) is 11.3 Å². The van der Waals surface area contributed by atoms with Crippen molar-refractivity contribution in [2.45, 2.75) is 64.0 Å². The molecule has 3 amide bonds. The number of nitrogens with one attached hydrogen (secondary N) is 2. The number of nitrogens with zero attached hydrogens (tertiary/aromatic N) is 6. The number of piperazine rings is 1. The van der Waals surface area contributed by atoms with E-state index < -0.39 is 6.04 Å². The van der Waals surface area contributed by atoms with Crippen LogP contribution in [0, 0.1) is 28.5 Å². The molecular weight excluding hydrogens is 743 g/mol. The molecule has 3 aromatic carbocycles. The Morgan fingerprint density at radius 1 is 0.930 bits per heavy atom. The number of rotatable bonds is 8. The van der Waals surface area contributed by atoms with E-state index in [4.69, 9.17) is 11.6 Å². The number of imide groups is 1. The minimum Gasteiger partial charge on any atom is -0.374 e. The largest absolute Gasteiger partial charge is 0.374 e. The summed E-state index contributed by atoms with van der Waals surface area (Å²) < 4.78 is 15.7. The maximum atomic E-state index is 15.7. The van der Waals surface area contributed by atoms with Crippen molar-refractivity contribution < 1.29 is 18.8 Å². The summed E-state index contributed by atoms with van der Waals surface area (Å²) in [4.78, 5) is 48.6. The van der Waals surface area contributed by atoms with Crippen LogP contribution in [0.15, 0.2) is 60.7 Å². The fraction of sp³-hybridized carbons (Fsp3) is 0.500. The monoisotopic (exact) mass is 794 g/mol. The Morgan fingerprint density at radius 2 is 1.70 bits per heavy atom. The Labute approximate surface area is 339 Å². The Balaban J connectivity index is 0.778. The molecule has 0 unspecified atom stereocenters. The second-order valence-electron chi connectivity index (χ2n) is 16.8. The summed E-state index contributed by atoms with van der Waals surface area (Å²) in [6.07, 6.45) is 5.69. The maximum Gasteiger partial charge on any atom is 0.253 e. The number of benzene rings is 3. The van der Waals surface area contributed by atoms with Crippen molar-refractivity contribution in [1.82, 2.24) is 15.1 Å². The topological polar surface area (TPSA) is 115 Å². The van der Waals surface area contributed by atoms with Crippen LogP contribution in [0.3, 0.4) is 0 Å². The molecule has 2 N–H and O–H groups in total. The molecule has 5 heterocycles. The van der Waals surface area contributed by atoms with Crippen LogP contribution in [0.1, 0.15) is 67.8 Å². The van der Waals surface area contributed by atoms with Gasteiger partial charge in [-0.1, -0.05) is 17.7 Å². The molecule has 0 radical (unpaired) electrons. The van der Waals surface area contributed by atoms with Crippen LogP contribution in [0.25, 0.3) is 0 Å². The van der Waals surface area contributed by atoms with Gasteiger partial charge in [-0.05, 0) is 111 Å². The number of hydrogen-bond donors (Lipinski definition) is 2. The highest BCUT2D eigenvalue weighted by Crippen LogP contribution is 2.46. The summed E-state index contributed by atoms with van der Waals surface area (Å²) in [6, 6.07) is 20.9. The van der Waals surface area contributed by atoms with Gasteiger partial charge < -0.3 is 24.9 Å². The van der Waals surface area contributed by atoms with E-state index in [2.05, 4.69) is 55.4 Å². The molecule has 5 aliphatic rings. The molecule has 13 heteroatoms. The number of nitriles is 1. The maximum absolute atomic E-state index is 15.7. The normalized spacial score (nSPS) is 23.1. The van der Waals surface area contributed by atoms with Gasteiger partial charge in [0.25, 0.3) is 5.91 Å². The lowest BCUT2D eigenvalue weighted by Crippen LogP contribution is -2.49. The van der Waals surface area contributed by atoms with Crippen LogP contribution in [-0.4, -0.2) is 105 Å². The van der Waals surface area contributed by atoms with E-state index in [0.717, 1.165) is 102 Å². The average molecular weight is 795 g/mol. The zero-order valence-corrected chi connectivity index (χ0v) is 33.4. The molecule has 300 valence electrons. The second-order valence-corrected chi connectivity index (χ2v) is 17.2. The van der Waals surface area contributed by atoms with Crippen molar-refractivity contribution in [1.29, 1.82) is 5.26 Å². The molecule has 11 nitrogen and oxygen atoms in total. The smallest absolute Gasteiger partial charge is 0.253 e. The van der Waals surface area contributed by atoms with E-state index in [1.54, 1.807) is 18.2 Å². The van der Waals surface area contributed by atoms with Crippen molar-refractivity contribution in [2.75, 3.05) is 85.5 Å². The van der Waals surface area contributed by atoms with Crippen LogP contribution in [0.5, 0.6) is 0 Å². The van der Waals surface area contributed by atoms with Crippen LogP contribution >= 0.6 is 11.6 Å². The van der Waals surface area contributed by atoms with Gasteiger partial charge in [-0.3, -0.25) is 24.6 Å². The summed E-state index contributed by atoms with van der Waals surface area (Å²) in [7, 11) is 0. The minimum atomic E-state index is -0.407. The minimum absolute atomic E-state index is 0.0950. The number of likely N-dealkylation sites (tertiary alicyclic amines) is 1. The first kappa shape index (κ1) is 39.0. The lowest BCUT2D eigenvalue weighted by molar-refractivity contribution is -0.133. The van der Waals surface area contributed by atoms with Crippen molar-refractivity contribution >= 4 is 52.1 Å². The molecule has 5 aliphatic heterocycles. The van der Waals surface area contributed by atoms with Gasteiger partial charge in [0.2, 0.25) is 11.8 Å². The van der Waals surface area contributed by atoms with E-state index in [-0.39, 0.29) is 29.0 Å². The molecule has 0 bridgehead atoms. The molecule has 57 heavy (non-hydrogen) atoms. The fourth-order valence-corrected chi connectivity index (χ4v) is 10.0. The van der Waals surface area contributed by atoms with E-state index >= 15 is 4.39 Å². The number of amides is 3. The van der Waals surface area contributed by atoms with Gasteiger partial charge in [0.05, 0.1) is 16.3 Å². The van der Waals surface area contributed by atoms with Gasteiger partial charge in [-0.15, -0.1) is 0 Å². The lowest BCUT2D eigenvalue weighted by Gasteiger charge is -2.40. The molecular formula is C44H52ClFN8O3. The lowest BCUT2D eigenvalue weighted by atomic mass is 9.76. The number of piperidine rings is 3. The standard InChI is InChI=1S/C44H52ClFN8O3/c1-30-26-44(29-54(30)36-7-5-33(27-47)37(45)25-36)13-17-52(18-14-44)40-9-6-32(23-38(40)46)43(57)53-15-11-31(12-16-53)28-50-19-21-51(22-20-50)35-4-2-3-34(24-35)48-39-8-10-41(55)49-42(39)56/h2-7,9,23-25,30-31,39,48H,8,10-22,26,28-29H2,1H3,(H,49,55,56)/t30-,39+/m1/s1. The number of carbonyl (C=O) groups excluding carboxylic acids is 3. The first-order chi connectivity index (χ1) is 27.6. The summed E-state index contributed by atoms with van der Waals surface area (Å²) >= 11 is 6.36. The molecule has 8 rings (SSSR count). The van der Waals surface area contributed by atoms with E-state index in [9.17, 15) is 19.6 Å². The molecule has 0 aromatic heterocycles. The van der Waals surface area contributed by atoms with Crippen LogP contribution < -0.4 is 25.3 Å². The summed E-state index contributed by atoms with van der Waals surface area (Å²) in [6.45, 7) is 10.8. The van der Waals surface area contributed by atoms with Crippen molar-refractivity contribution in [3.8, 4) is 6.07 Å². The van der Waals surface area contributed by atoms with Crippen LogP contribution in [0.2, 0.25) is 5.02 Å². The highest BCUT2D eigenvalue weighted by Gasteiger charge is 2.44. The van der Waals surface area contributed by atoms with Gasteiger partial charge in [-0.25, -0.2) is 4.39 Å². The zero-order valence-electron chi connectivity index (χ0n) is 32.7. The Kier molecular flexibility index (Phi) is 11.3. The third-order valence-electron chi connectivity index (χ3n) is 13.1. The van der Waals surface area contributed by atoms with Gasteiger partial charge in [0, 0.05) is 101 Å². The Hall–Kier alpha value is -4.86. The highest BCUT2D eigenvalue weighted by atomic mass is 35.5.